The number of allylic oxidation sites excluding steroid dienone is 1. The lowest BCUT2D eigenvalue weighted by molar-refractivity contribution is 0.664. The maximum Gasteiger partial charge on any atom is 0.00727 e. The molecule has 0 heteroatoms. The molecular weight excluding hydrogens is 180 g/mol. The zero-order valence-electron chi connectivity index (χ0n) is 10.4. The molecule has 1 unspecified atom stereocenters. The van der Waals surface area contributed by atoms with Crippen LogP contribution in [0.25, 0.3) is 0 Å². The van der Waals surface area contributed by atoms with Gasteiger partial charge in [-0.1, -0.05) is 58.0 Å². The molecule has 0 bridgehead atoms. The van der Waals surface area contributed by atoms with E-state index in [1.54, 1.807) is 0 Å². The van der Waals surface area contributed by atoms with Crippen LogP contribution in [0.4, 0.5) is 0 Å². The smallest absolute Gasteiger partial charge is 0.00727 e. The fourth-order valence-electron chi connectivity index (χ4n) is 1.60. The highest BCUT2D eigenvalue weighted by Gasteiger charge is 2.16. The van der Waals surface area contributed by atoms with Gasteiger partial charge in [0, 0.05) is 5.41 Å². The second kappa shape index (κ2) is 4.65. The standard InChI is InChI=1S/C15H22/c1-6-12(3)13-9-8-10-14(11-13)15(4,5)7-2/h7-12H,2,6H2,1,3-5H3. The maximum absolute atomic E-state index is 3.90. The summed E-state index contributed by atoms with van der Waals surface area (Å²) < 4.78 is 0. The van der Waals surface area contributed by atoms with Crippen LogP contribution >= 0.6 is 0 Å². The highest BCUT2D eigenvalue weighted by molar-refractivity contribution is 5.33. The van der Waals surface area contributed by atoms with Crippen LogP contribution in [0.3, 0.4) is 0 Å². The lowest BCUT2D eigenvalue weighted by Crippen LogP contribution is -2.13. The van der Waals surface area contributed by atoms with Crippen molar-refractivity contribution in [3.05, 3.63) is 48.0 Å². The summed E-state index contributed by atoms with van der Waals surface area (Å²) in [7, 11) is 0. The van der Waals surface area contributed by atoms with Crippen molar-refractivity contribution in [3.63, 3.8) is 0 Å². The second-order valence-electron chi connectivity index (χ2n) is 4.86. The van der Waals surface area contributed by atoms with Crippen LogP contribution in [0.2, 0.25) is 0 Å². The predicted octanol–water partition coefficient (Wildman–Crippen LogP) is 4.66. The SMILES string of the molecule is C=CC(C)(C)c1cccc(C(C)CC)c1. The third kappa shape index (κ3) is 2.71. The van der Waals surface area contributed by atoms with Gasteiger partial charge in [0.15, 0.2) is 0 Å². The average molecular weight is 202 g/mol. The van der Waals surface area contributed by atoms with Gasteiger partial charge in [-0.25, -0.2) is 0 Å². The van der Waals surface area contributed by atoms with Gasteiger partial charge in [-0.2, -0.15) is 0 Å². The van der Waals surface area contributed by atoms with Crippen molar-refractivity contribution in [2.24, 2.45) is 0 Å². The Morgan fingerprint density at radius 3 is 2.60 bits per heavy atom. The van der Waals surface area contributed by atoms with Crippen molar-refractivity contribution >= 4 is 0 Å². The Balaban J connectivity index is 3.07. The minimum atomic E-state index is 0.0729. The molecule has 1 atom stereocenters. The first-order valence-electron chi connectivity index (χ1n) is 5.75. The summed E-state index contributed by atoms with van der Waals surface area (Å²) in [6, 6.07) is 8.88. The molecular formula is C15H22. The zero-order valence-corrected chi connectivity index (χ0v) is 10.4. The van der Waals surface area contributed by atoms with E-state index in [2.05, 4.69) is 58.5 Å². The van der Waals surface area contributed by atoms with Gasteiger partial charge in [0.05, 0.1) is 0 Å². The van der Waals surface area contributed by atoms with Crippen molar-refractivity contribution in [2.75, 3.05) is 0 Å². The number of rotatable bonds is 4. The molecule has 0 saturated carbocycles. The molecule has 0 spiro atoms. The van der Waals surface area contributed by atoms with Gasteiger partial charge in [-0.15, -0.1) is 6.58 Å². The van der Waals surface area contributed by atoms with Gasteiger partial charge in [0.2, 0.25) is 0 Å². The van der Waals surface area contributed by atoms with Crippen molar-refractivity contribution in [1.82, 2.24) is 0 Å². The van der Waals surface area contributed by atoms with E-state index in [0.29, 0.717) is 5.92 Å². The minimum absolute atomic E-state index is 0.0729. The topological polar surface area (TPSA) is 0 Å². The third-order valence-corrected chi connectivity index (χ3v) is 3.32. The van der Waals surface area contributed by atoms with Crippen LogP contribution in [0.15, 0.2) is 36.9 Å². The number of hydrogen-bond acceptors (Lipinski definition) is 0. The first kappa shape index (κ1) is 12.0. The fraction of sp³-hybridized carbons (Fsp3) is 0.467. The van der Waals surface area contributed by atoms with Crippen LogP contribution in [0.5, 0.6) is 0 Å². The van der Waals surface area contributed by atoms with Gasteiger partial charge in [0.1, 0.15) is 0 Å². The lowest BCUT2D eigenvalue weighted by atomic mass is 9.83. The van der Waals surface area contributed by atoms with E-state index in [1.165, 1.54) is 17.5 Å². The fourth-order valence-corrected chi connectivity index (χ4v) is 1.60. The van der Waals surface area contributed by atoms with Crippen LogP contribution in [0.1, 0.15) is 51.2 Å². The summed E-state index contributed by atoms with van der Waals surface area (Å²) in [4.78, 5) is 0. The summed E-state index contributed by atoms with van der Waals surface area (Å²) >= 11 is 0. The van der Waals surface area contributed by atoms with Crippen LogP contribution in [-0.2, 0) is 5.41 Å². The van der Waals surface area contributed by atoms with Crippen molar-refractivity contribution in [1.29, 1.82) is 0 Å². The van der Waals surface area contributed by atoms with E-state index in [0.717, 1.165) is 0 Å². The Bertz CT molecular complexity index is 334. The van der Waals surface area contributed by atoms with Crippen molar-refractivity contribution < 1.29 is 0 Å². The normalized spacial score (nSPS) is 13.6. The van der Waals surface area contributed by atoms with E-state index in [4.69, 9.17) is 0 Å². The molecule has 0 N–H and O–H groups in total. The molecule has 1 aromatic rings. The summed E-state index contributed by atoms with van der Waals surface area (Å²) in [6.45, 7) is 12.8. The zero-order chi connectivity index (χ0) is 11.5. The third-order valence-electron chi connectivity index (χ3n) is 3.32. The highest BCUT2D eigenvalue weighted by Crippen LogP contribution is 2.27. The highest BCUT2D eigenvalue weighted by atomic mass is 14.2. The quantitative estimate of drug-likeness (QED) is 0.623. The van der Waals surface area contributed by atoms with Gasteiger partial charge in [-0.3, -0.25) is 0 Å². The largest absolute Gasteiger partial charge is 0.102 e. The monoisotopic (exact) mass is 202 g/mol. The minimum Gasteiger partial charge on any atom is -0.102 e. The van der Waals surface area contributed by atoms with Gasteiger partial charge >= 0.3 is 0 Å². The summed E-state index contributed by atoms with van der Waals surface area (Å²) in [5.74, 6) is 0.644. The Labute approximate surface area is 94.0 Å². The summed E-state index contributed by atoms with van der Waals surface area (Å²) in [5.41, 5.74) is 2.86. The Morgan fingerprint density at radius 1 is 1.40 bits per heavy atom. The van der Waals surface area contributed by atoms with E-state index in [1.807, 2.05) is 6.08 Å². The molecule has 0 nitrogen and oxygen atoms in total. The first-order chi connectivity index (χ1) is 7.01. The van der Waals surface area contributed by atoms with E-state index < -0.39 is 0 Å². The number of hydrogen-bond donors (Lipinski definition) is 0. The molecule has 0 aliphatic heterocycles. The molecule has 1 aromatic carbocycles. The molecule has 0 fully saturated rings. The molecule has 0 heterocycles. The molecule has 1 rings (SSSR count). The maximum atomic E-state index is 3.90. The first-order valence-corrected chi connectivity index (χ1v) is 5.75. The Morgan fingerprint density at radius 2 is 2.07 bits per heavy atom. The van der Waals surface area contributed by atoms with Gasteiger partial charge < -0.3 is 0 Å². The van der Waals surface area contributed by atoms with Crippen molar-refractivity contribution in [2.45, 2.75) is 45.4 Å². The average Bonchev–Trinajstić information content (AvgIpc) is 2.28. The molecule has 0 radical (unpaired) electrons. The predicted molar refractivity (Wildman–Crippen MR) is 68.4 cm³/mol. The van der Waals surface area contributed by atoms with E-state index in [-0.39, 0.29) is 5.41 Å². The summed E-state index contributed by atoms with van der Waals surface area (Å²) in [6.07, 6.45) is 3.21. The van der Waals surface area contributed by atoms with Gasteiger partial charge in [-0.05, 0) is 23.5 Å². The summed E-state index contributed by atoms with van der Waals surface area (Å²) in [5, 5.41) is 0. The molecule has 0 saturated heterocycles. The van der Waals surface area contributed by atoms with E-state index >= 15 is 0 Å². The van der Waals surface area contributed by atoms with Crippen LogP contribution < -0.4 is 0 Å². The molecule has 15 heavy (non-hydrogen) atoms. The Kier molecular flexibility index (Phi) is 3.73. The van der Waals surface area contributed by atoms with Crippen LogP contribution in [0, 0.1) is 0 Å². The number of benzene rings is 1. The van der Waals surface area contributed by atoms with Crippen molar-refractivity contribution in [3.8, 4) is 0 Å². The second-order valence-corrected chi connectivity index (χ2v) is 4.86. The molecule has 0 aromatic heterocycles. The molecule has 0 aliphatic carbocycles. The molecule has 0 amide bonds. The van der Waals surface area contributed by atoms with Gasteiger partial charge in [0.25, 0.3) is 0 Å². The lowest BCUT2D eigenvalue weighted by Gasteiger charge is -2.22. The van der Waals surface area contributed by atoms with E-state index in [9.17, 15) is 0 Å². The Hall–Kier alpha value is -1.04. The van der Waals surface area contributed by atoms with Crippen LogP contribution in [-0.4, -0.2) is 0 Å². The molecule has 82 valence electrons. The molecule has 0 aliphatic rings.